The molecule has 2 fully saturated rings. The zero-order valence-electron chi connectivity index (χ0n) is 11.4. The first-order chi connectivity index (χ1) is 9.42. The SMILES string of the molecule is C1=CC2CC[CH]([Zr][CH]3CCC4C=CC=CC43)C2C=C1. The third kappa shape index (κ3) is 2.33. The number of hydrogen-bond donors (Lipinski definition) is 0. The molecule has 0 aromatic heterocycles. The predicted octanol–water partition coefficient (Wildman–Crippen LogP) is 4.95. The third-order valence-corrected chi connectivity index (χ3v) is 11.0. The minimum atomic E-state index is -0.253. The van der Waals surface area contributed by atoms with Crippen molar-refractivity contribution in [2.24, 2.45) is 23.7 Å². The Morgan fingerprint density at radius 1 is 0.579 bits per heavy atom. The fourth-order valence-electron chi connectivity index (χ4n) is 4.58. The van der Waals surface area contributed by atoms with Gasteiger partial charge in [-0.3, -0.25) is 0 Å². The normalized spacial score (nSPS) is 46.3. The van der Waals surface area contributed by atoms with E-state index >= 15 is 0 Å². The first kappa shape index (κ1) is 12.6. The summed E-state index contributed by atoms with van der Waals surface area (Å²) in [7, 11) is 0. The summed E-state index contributed by atoms with van der Waals surface area (Å²) in [6, 6.07) is 0. The van der Waals surface area contributed by atoms with Gasteiger partial charge in [-0.1, -0.05) is 0 Å². The van der Waals surface area contributed by atoms with Crippen molar-refractivity contribution >= 4 is 0 Å². The van der Waals surface area contributed by atoms with Crippen LogP contribution in [0.4, 0.5) is 0 Å². The molecule has 0 nitrogen and oxygen atoms in total. The van der Waals surface area contributed by atoms with Gasteiger partial charge in [0.2, 0.25) is 0 Å². The molecule has 0 radical (unpaired) electrons. The zero-order chi connectivity index (χ0) is 12.7. The molecular weight excluding hydrogens is 307 g/mol. The molecular formula is C18H22Zr. The maximum absolute atomic E-state index is 2.53. The van der Waals surface area contributed by atoms with E-state index in [1.54, 1.807) is 0 Å². The molecule has 0 saturated heterocycles. The first-order valence-corrected chi connectivity index (χ1v) is 10.7. The van der Waals surface area contributed by atoms with Crippen LogP contribution in [0.15, 0.2) is 48.6 Å². The van der Waals surface area contributed by atoms with Crippen LogP contribution in [0.5, 0.6) is 0 Å². The molecule has 0 aromatic carbocycles. The van der Waals surface area contributed by atoms with Gasteiger partial charge in [0.15, 0.2) is 0 Å². The summed E-state index contributed by atoms with van der Waals surface area (Å²) in [5.41, 5.74) is 0. The van der Waals surface area contributed by atoms with Gasteiger partial charge in [0, 0.05) is 0 Å². The number of rotatable bonds is 2. The molecule has 1 heteroatoms. The average molecular weight is 330 g/mol. The molecule has 0 heterocycles. The summed E-state index contributed by atoms with van der Waals surface area (Å²) in [5, 5.41) is 0. The van der Waals surface area contributed by atoms with Gasteiger partial charge in [-0.15, -0.1) is 0 Å². The van der Waals surface area contributed by atoms with Gasteiger partial charge in [0.25, 0.3) is 0 Å². The predicted molar refractivity (Wildman–Crippen MR) is 76.5 cm³/mol. The second-order valence-corrected chi connectivity index (χ2v) is 11.0. The molecule has 98 valence electrons. The molecule has 19 heavy (non-hydrogen) atoms. The summed E-state index contributed by atoms with van der Waals surface area (Å²) in [5.74, 6) is 3.65. The minimum absolute atomic E-state index is 0.253. The van der Waals surface area contributed by atoms with E-state index in [9.17, 15) is 0 Å². The van der Waals surface area contributed by atoms with Crippen molar-refractivity contribution < 1.29 is 23.2 Å². The number of allylic oxidation sites excluding steroid dienone is 8. The summed E-state index contributed by atoms with van der Waals surface area (Å²) in [6.07, 6.45) is 25.2. The second-order valence-electron chi connectivity index (χ2n) is 6.56. The van der Waals surface area contributed by atoms with Crippen LogP contribution in [0.25, 0.3) is 0 Å². The van der Waals surface area contributed by atoms with Crippen molar-refractivity contribution in [3.63, 3.8) is 0 Å². The number of hydrogen-bond acceptors (Lipinski definition) is 0. The van der Waals surface area contributed by atoms with Crippen LogP contribution in [0.2, 0.25) is 7.25 Å². The van der Waals surface area contributed by atoms with Gasteiger partial charge < -0.3 is 0 Å². The monoisotopic (exact) mass is 328 g/mol. The molecule has 4 aliphatic carbocycles. The molecule has 6 unspecified atom stereocenters. The van der Waals surface area contributed by atoms with Gasteiger partial charge >= 0.3 is 128 Å². The molecule has 0 amide bonds. The topological polar surface area (TPSA) is 0 Å². The molecule has 0 aliphatic heterocycles. The second kappa shape index (κ2) is 5.32. The summed E-state index contributed by atoms with van der Waals surface area (Å²) < 4.78 is 2.25. The van der Waals surface area contributed by atoms with Crippen LogP contribution in [0.3, 0.4) is 0 Å². The van der Waals surface area contributed by atoms with E-state index in [1.165, 1.54) is 25.7 Å². The Balaban J connectivity index is 1.45. The van der Waals surface area contributed by atoms with Crippen molar-refractivity contribution in [3.05, 3.63) is 48.6 Å². The Kier molecular flexibility index (Phi) is 3.52. The summed E-state index contributed by atoms with van der Waals surface area (Å²) >= 11 is -0.253. The van der Waals surface area contributed by atoms with E-state index in [-0.39, 0.29) is 23.2 Å². The van der Waals surface area contributed by atoms with Crippen LogP contribution in [0, 0.1) is 23.7 Å². The van der Waals surface area contributed by atoms with E-state index in [1.807, 2.05) is 0 Å². The van der Waals surface area contributed by atoms with E-state index in [0.717, 1.165) is 30.9 Å². The van der Waals surface area contributed by atoms with Crippen LogP contribution in [-0.2, 0) is 23.2 Å². The molecule has 0 spiro atoms. The fourth-order valence-corrected chi connectivity index (χ4v) is 10.4. The van der Waals surface area contributed by atoms with Gasteiger partial charge in [0.05, 0.1) is 0 Å². The molecule has 6 atom stereocenters. The number of fused-ring (bicyclic) bond motifs is 2. The summed E-state index contributed by atoms with van der Waals surface area (Å²) in [4.78, 5) is 0. The van der Waals surface area contributed by atoms with Crippen LogP contribution in [0.1, 0.15) is 25.7 Å². The maximum atomic E-state index is 2.53. The van der Waals surface area contributed by atoms with Crippen LogP contribution >= 0.6 is 0 Å². The quantitative estimate of drug-likeness (QED) is 0.672. The first-order valence-electron chi connectivity index (χ1n) is 7.88. The Labute approximate surface area is 128 Å². The van der Waals surface area contributed by atoms with Gasteiger partial charge in [-0.2, -0.15) is 0 Å². The van der Waals surface area contributed by atoms with E-state index in [2.05, 4.69) is 48.6 Å². The van der Waals surface area contributed by atoms with E-state index < -0.39 is 0 Å². The van der Waals surface area contributed by atoms with E-state index in [0.29, 0.717) is 0 Å². The Morgan fingerprint density at radius 3 is 1.58 bits per heavy atom. The molecule has 0 N–H and O–H groups in total. The Morgan fingerprint density at radius 2 is 1.05 bits per heavy atom. The van der Waals surface area contributed by atoms with Crippen molar-refractivity contribution in [2.45, 2.75) is 32.9 Å². The zero-order valence-corrected chi connectivity index (χ0v) is 13.9. The average Bonchev–Trinajstić information content (AvgIpc) is 3.05. The van der Waals surface area contributed by atoms with Crippen LogP contribution in [-0.4, -0.2) is 0 Å². The van der Waals surface area contributed by atoms with Crippen molar-refractivity contribution in [1.29, 1.82) is 0 Å². The molecule has 0 aromatic rings. The Bertz CT molecular complexity index is 414. The third-order valence-electron chi connectivity index (χ3n) is 5.57. The summed E-state index contributed by atoms with van der Waals surface area (Å²) in [6.45, 7) is 0. The fraction of sp³-hybridized carbons (Fsp3) is 0.556. The molecule has 4 aliphatic rings. The van der Waals surface area contributed by atoms with Gasteiger partial charge in [-0.25, -0.2) is 0 Å². The van der Waals surface area contributed by atoms with E-state index in [4.69, 9.17) is 0 Å². The van der Waals surface area contributed by atoms with Crippen molar-refractivity contribution in [3.8, 4) is 0 Å². The van der Waals surface area contributed by atoms with Crippen molar-refractivity contribution in [1.82, 2.24) is 0 Å². The standard InChI is InChI=1S/2C9H11.Zr/c2*1-2-5-9-7-3-6-8(9)4-1;/h2*1-2,4-6,8-9H,3,7H2;. The van der Waals surface area contributed by atoms with Gasteiger partial charge in [0.1, 0.15) is 0 Å². The molecule has 2 saturated carbocycles. The molecule has 4 rings (SSSR count). The van der Waals surface area contributed by atoms with Gasteiger partial charge in [-0.05, 0) is 0 Å². The van der Waals surface area contributed by atoms with Crippen LogP contribution < -0.4 is 0 Å². The molecule has 0 bridgehead atoms. The Hall–Kier alpha value is -0.157. The van der Waals surface area contributed by atoms with Crippen molar-refractivity contribution in [2.75, 3.05) is 0 Å².